The van der Waals surface area contributed by atoms with Crippen molar-refractivity contribution >= 4 is 5.57 Å². The Kier molecular flexibility index (Phi) is 3.16. The maximum Gasteiger partial charge on any atom is 0.107 e. The fraction of sp³-hybridized carbons (Fsp3) is 0.308. The Balaban J connectivity index is 3.47. The highest BCUT2D eigenvalue weighted by Crippen LogP contribution is 2.23. The molecule has 15 heavy (non-hydrogen) atoms. The highest BCUT2D eigenvalue weighted by atomic mass is 16.3. The minimum absolute atomic E-state index is 0.0730. The number of benzene rings is 1. The van der Waals surface area contributed by atoms with Gasteiger partial charge in [0.25, 0.3) is 0 Å². The number of rotatable bonds is 1. The molecule has 0 spiro atoms. The standard InChI is InChI=1S/C13H15NO/c1-8-5-10(3)12(6-9(8)2)13(7-14)11(4)15/h5-6,15H,1-4H3/b13-11+. The van der Waals surface area contributed by atoms with Gasteiger partial charge in [0.1, 0.15) is 11.8 Å². The second-order valence-corrected chi connectivity index (χ2v) is 3.82. The van der Waals surface area contributed by atoms with Crippen LogP contribution in [0.4, 0.5) is 0 Å². The maximum absolute atomic E-state index is 9.41. The van der Waals surface area contributed by atoms with E-state index < -0.39 is 0 Å². The van der Waals surface area contributed by atoms with Crippen LogP contribution in [0.25, 0.3) is 5.57 Å². The first-order chi connectivity index (χ1) is 6.97. The summed E-state index contributed by atoms with van der Waals surface area (Å²) in [6.07, 6.45) is 0. The van der Waals surface area contributed by atoms with Crippen molar-refractivity contribution in [1.82, 2.24) is 0 Å². The van der Waals surface area contributed by atoms with Gasteiger partial charge in [-0.3, -0.25) is 0 Å². The van der Waals surface area contributed by atoms with E-state index in [1.165, 1.54) is 12.5 Å². The fourth-order valence-corrected chi connectivity index (χ4v) is 1.57. The predicted molar refractivity (Wildman–Crippen MR) is 61.5 cm³/mol. The molecule has 0 atom stereocenters. The van der Waals surface area contributed by atoms with Gasteiger partial charge in [-0.15, -0.1) is 0 Å². The van der Waals surface area contributed by atoms with Crippen molar-refractivity contribution in [3.8, 4) is 6.07 Å². The van der Waals surface area contributed by atoms with Crippen molar-refractivity contribution in [2.75, 3.05) is 0 Å². The molecule has 2 heteroatoms. The number of hydrogen-bond donors (Lipinski definition) is 1. The lowest BCUT2D eigenvalue weighted by molar-refractivity contribution is 0.418. The largest absolute Gasteiger partial charge is 0.511 e. The Labute approximate surface area is 90.5 Å². The second kappa shape index (κ2) is 4.18. The average Bonchev–Trinajstić information content (AvgIpc) is 2.14. The highest BCUT2D eigenvalue weighted by Gasteiger charge is 2.09. The summed E-state index contributed by atoms with van der Waals surface area (Å²) >= 11 is 0. The van der Waals surface area contributed by atoms with Crippen molar-refractivity contribution in [2.24, 2.45) is 0 Å². The van der Waals surface area contributed by atoms with Crippen LogP contribution in [-0.2, 0) is 0 Å². The van der Waals surface area contributed by atoms with Crippen molar-refractivity contribution in [2.45, 2.75) is 27.7 Å². The molecule has 0 aliphatic carbocycles. The summed E-state index contributed by atoms with van der Waals surface area (Å²) in [6, 6.07) is 6.01. The minimum atomic E-state index is 0.0730. The average molecular weight is 201 g/mol. The molecule has 0 unspecified atom stereocenters. The van der Waals surface area contributed by atoms with E-state index in [1.54, 1.807) is 0 Å². The zero-order valence-electron chi connectivity index (χ0n) is 9.55. The molecule has 1 N–H and O–H groups in total. The number of allylic oxidation sites excluding steroid dienone is 2. The summed E-state index contributed by atoms with van der Waals surface area (Å²) in [5, 5.41) is 18.4. The lowest BCUT2D eigenvalue weighted by atomic mass is 9.95. The first kappa shape index (κ1) is 11.3. The monoisotopic (exact) mass is 201 g/mol. The molecule has 2 nitrogen and oxygen atoms in total. The molecule has 0 saturated heterocycles. The van der Waals surface area contributed by atoms with Gasteiger partial charge in [-0.05, 0) is 49.9 Å². The first-order valence-corrected chi connectivity index (χ1v) is 4.85. The van der Waals surface area contributed by atoms with Crippen LogP contribution in [0.2, 0.25) is 0 Å². The van der Waals surface area contributed by atoms with Gasteiger partial charge in [-0.1, -0.05) is 12.1 Å². The molecule has 1 aromatic rings. The van der Waals surface area contributed by atoms with Gasteiger partial charge in [0.2, 0.25) is 0 Å². The fourth-order valence-electron chi connectivity index (χ4n) is 1.57. The van der Waals surface area contributed by atoms with Crippen molar-refractivity contribution in [3.63, 3.8) is 0 Å². The Hall–Kier alpha value is -1.75. The number of nitriles is 1. The zero-order chi connectivity index (χ0) is 11.6. The quantitative estimate of drug-likeness (QED) is 0.559. The molecule has 0 amide bonds. The van der Waals surface area contributed by atoms with Crippen molar-refractivity contribution in [1.29, 1.82) is 5.26 Å². The molecule has 0 bridgehead atoms. The van der Waals surface area contributed by atoms with E-state index in [2.05, 4.69) is 0 Å². The minimum Gasteiger partial charge on any atom is -0.511 e. The van der Waals surface area contributed by atoms with Gasteiger partial charge in [-0.2, -0.15) is 5.26 Å². The van der Waals surface area contributed by atoms with Crippen molar-refractivity contribution < 1.29 is 5.11 Å². The summed E-state index contributed by atoms with van der Waals surface area (Å²) in [7, 11) is 0. The Morgan fingerprint density at radius 1 is 1.13 bits per heavy atom. The lowest BCUT2D eigenvalue weighted by Crippen LogP contribution is -1.93. The third-order valence-electron chi connectivity index (χ3n) is 2.58. The summed E-state index contributed by atoms with van der Waals surface area (Å²) in [6.45, 7) is 7.52. The van der Waals surface area contributed by atoms with Gasteiger partial charge >= 0.3 is 0 Å². The van der Waals surface area contributed by atoms with E-state index in [4.69, 9.17) is 5.26 Å². The molecule has 0 fully saturated rings. The van der Waals surface area contributed by atoms with Crippen LogP contribution >= 0.6 is 0 Å². The molecule has 78 valence electrons. The number of nitrogens with zero attached hydrogens (tertiary/aromatic N) is 1. The normalized spacial score (nSPS) is 11.9. The second-order valence-electron chi connectivity index (χ2n) is 3.82. The lowest BCUT2D eigenvalue weighted by Gasteiger charge is -2.09. The molecule has 0 aromatic heterocycles. The van der Waals surface area contributed by atoms with Gasteiger partial charge in [0.05, 0.1) is 5.57 Å². The molecule has 1 aromatic carbocycles. The number of aryl methyl sites for hydroxylation is 3. The predicted octanol–water partition coefficient (Wildman–Crippen LogP) is 3.42. The van der Waals surface area contributed by atoms with E-state index in [1.807, 2.05) is 39.0 Å². The smallest absolute Gasteiger partial charge is 0.107 e. The van der Waals surface area contributed by atoms with Crippen LogP contribution in [0.3, 0.4) is 0 Å². The van der Waals surface area contributed by atoms with E-state index in [0.29, 0.717) is 5.57 Å². The van der Waals surface area contributed by atoms with E-state index in [9.17, 15) is 5.11 Å². The van der Waals surface area contributed by atoms with Gasteiger partial charge in [-0.25, -0.2) is 0 Å². The molecule has 0 radical (unpaired) electrons. The van der Waals surface area contributed by atoms with Crippen LogP contribution in [0.5, 0.6) is 0 Å². The summed E-state index contributed by atoms with van der Waals surface area (Å²) < 4.78 is 0. The van der Waals surface area contributed by atoms with E-state index in [-0.39, 0.29) is 5.76 Å². The summed E-state index contributed by atoms with van der Waals surface area (Å²) in [5.74, 6) is 0.0730. The molecular formula is C13H15NO. The van der Waals surface area contributed by atoms with Crippen LogP contribution in [0.1, 0.15) is 29.2 Å². The molecule has 0 heterocycles. The Bertz CT molecular complexity index is 460. The Morgan fingerprint density at radius 2 is 1.67 bits per heavy atom. The summed E-state index contributed by atoms with van der Waals surface area (Å²) in [5.41, 5.74) is 4.52. The van der Waals surface area contributed by atoms with E-state index >= 15 is 0 Å². The van der Waals surface area contributed by atoms with Crippen LogP contribution < -0.4 is 0 Å². The third-order valence-corrected chi connectivity index (χ3v) is 2.58. The SMILES string of the molecule is C/C(O)=C(/C#N)c1cc(C)c(C)cc1C. The van der Waals surface area contributed by atoms with Gasteiger partial charge in [0, 0.05) is 0 Å². The molecule has 0 saturated carbocycles. The number of aliphatic hydroxyl groups is 1. The topological polar surface area (TPSA) is 44.0 Å². The van der Waals surface area contributed by atoms with Crippen molar-refractivity contribution in [3.05, 3.63) is 40.1 Å². The highest BCUT2D eigenvalue weighted by molar-refractivity contribution is 5.80. The van der Waals surface area contributed by atoms with Crippen LogP contribution in [-0.4, -0.2) is 5.11 Å². The number of hydrogen-bond acceptors (Lipinski definition) is 2. The summed E-state index contributed by atoms with van der Waals surface area (Å²) in [4.78, 5) is 0. The van der Waals surface area contributed by atoms with Crippen LogP contribution in [0.15, 0.2) is 17.9 Å². The van der Waals surface area contributed by atoms with Gasteiger partial charge in [0.15, 0.2) is 0 Å². The molecular weight excluding hydrogens is 186 g/mol. The molecule has 0 aliphatic rings. The van der Waals surface area contributed by atoms with Gasteiger partial charge < -0.3 is 5.11 Å². The molecule has 0 aliphatic heterocycles. The molecule has 1 rings (SSSR count). The third kappa shape index (κ3) is 2.19. The first-order valence-electron chi connectivity index (χ1n) is 4.85. The van der Waals surface area contributed by atoms with E-state index in [0.717, 1.165) is 16.7 Å². The number of aliphatic hydroxyl groups excluding tert-OH is 1. The zero-order valence-corrected chi connectivity index (χ0v) is 9.55. The Morgan fingerprint density at radius 3 is 2.13 bits per heavy atom. The van der Waals surface area contributed by atoms with Crippen LogP contribution in [0, 0.1) is 32.1 Å². The maximum atomic E-state index is 9.41.